The fraction of sp³-hybridized carbons (Fsp3) is 0.700. The van der Waals surface area contributed by atoms with Crippen LogP contribution >= 0.6 is 0 Å². The summed E-state index contributed by atoms with van der Waals surface area (Å²) in [5.41, 5.74) is 0. The molecule has 0 aromatic rings. The molecule has 0 aromatic heterocycles. The lowest BCUT2D eigenvalue weighted by Gasteiger charge is -2.34. The van der Waals surface area contributed by atoms with E-state index in [-0.39, 0.29) is 10.9 Å². The molecule has 0 rings (SSSR count). The predicted octanol–water partition coefficient (Wildman–Crippen LogP) is 0.00330. The Balaban J connectivity index is 4.71. The Morgan fingerprint density at radius 2 is 1.94 bits per heavy atom. The van der Waals surface area contributed by atoms with Crippen LogP contribution in [0.5, 0.6) is 0 Å². The molecule has 0 fully saturated rings. The van der Waals surface area contributed by atoms with Gasteiger partial charge < -0.3 is 13.8 Å². The average molecular weight is 281 g/mol. The summed E-state index contributed by atoms with van der Waals surface area (Å²) in [5, 5.41) is 0. The fourth-order valence-electron chi connectivity index (χ4n) is 1.20. The first-order valence-electron chi connectivity index (χ1n) is 5.24. The summed E-state index contributed by atoms with van der Waals surface area (Å²) in [6.45, 7) is 4.82. The van der Waals surface area contributed by atoms with E-state index in [9.17, 15) is 17.8 Å². The van der Waals surface area contributed by atoms with Gasteiger partial charge in [-0.15, -0.1) is 0 Å². The number of esters is 1. The molecule has 0 amide bonds. The average Bonchev–Trinajstić information content (AvgIpc) is 2.12. The van der Waals surface area contributed by atoms with Crippen LogP contribution in [0, 0.1) is 0 Å². The van der Waals surface area contributed by atoms with Crippen molar-refractivity contribution < 1.29 is 31.2 Å². The highest BCUT2D eigenvalue weighted by Gasteiger charge is 2.30. The molecule has 0 aliphatic rings. The zero-order chi connectivity index (χ0) is 14.6. The van der Waals surface area contributed by atoms with Gasteiger partial charge in [0.1, 0.15) is 6.10 Å². The summed E-state index contributed by atoms with van der Waals surface area (Å²) in [5.74, 6) is -0.618. The molecule has 0 aliphatic heterocycles. The second-order valence-corrected chi connectivity index (χ2v) is 5.77. The summed E-state index contributed by atoms with van der Waals surface area (Å²) in [4.78, 5) is 11.0. The highest BCUT2D eigenvalue weighted by Crippen LogP contribution is 2.15. The van der Waals surface area contributed by atoms with Crippen molar-refractivity contribution in [3.8, 4) is 0 Å². The Bertz CT molecular complexity index is 397. The molecule has 0 bridgehead atoms. The third-order valence-corrected chi connectivity index (χ3v) is 2.57. The lowest BCUT2D eigenvalue weighted by atomic mass is 10.2. The lowest BCUT2D eigenvalue weighted by Crippen LogP contribution is -2.49. The van der Waals surface area contributed by atoms with Crippen LogP contribution in [0.2, 0.25) is 0 Å². The Hall–Kier alpha value is -0.960. The third-order valence-electron chi connectivity index (χ3n) is 2.11. The van der Waals surface area contributed by atoms with Gasteiger partial charge in [0, 0.05) is 6.08 Å². The van der Waals surface area contributed by atoms with Gasteiger partial charge in [-0.1, -0.05) is 6.58 Å². The first kappa shape index (κ1) is 17.0. The lowest BCUT2D eigenvalue weighted by molar-refractivity contribution is -0.916. The number of carbonyl (C=O) groups is 1. The van der Waals surface area contributed by atoms with Gasteiger partial charge in [-0.3, -0.25) is 0 Å². The molecule has 106 valence electrons. The number of rotatable bonds is 7. The van der Waals surface area contributed by atoms with Gasteiger partial charge in [-0.2, -0.15) is 0 Å². The van der Waals surface area contributed by atoms with Crippen LogP contribution in [0.3, 0.4) is 0 Å². The van der Waals surface area contributed by atoms with Crippen molar-refractivity contribution in [2.24, 2.45) is 0 Å². The Morgan fingerprint density at radius 1 is 1.44 bits per heavy atom. The molecule has 0 saturated carbocycles. The number of nitrogens with zero attached hydrogens (tertiary/aromatic N) is 1. The summed E-state index contributed by atoms with van der Waals surface area (Å²) >= 11 is 0. The number of hydrogen-bond donors (Lipinski definition) is 0. The first-order chi connectivity index (χ1) is 7.95. The number of carbonyl (C=O) groups excluding carboxylic acids is 1. The minimum Gasteiger partial charge on any atom is -0.725 e. The summed E-state index contributed by atoms with van der Waals surface area (Å²) in [7, 11) is 0.181. The van der Waals surface area contributed by atoms with E-state index >= 15 is 0 Å². The molecule has 2 unspecified atom stereocenters. The van der Waals surface area contributed by atoms with Gasteiger partial charge in [0.2, 0.25) is 16.6 Å². The second-order valence-electron chi connectivity index (χ2n) is 4.76. The predicted molar refractivity (Wildman–Crippen MR) is 63.0 cm³/mol. The molecule has 0 saturated heterocycles. The maximum absolute atomic E-state index is 11.0. The molecular weight excluding hydrogens is 262 g/mol. The summed E-state index contributed by atoms with van der Waals surface area (Å²) in [6, 6.07) is 0. The SMILES string of the molecule is C=CC(=O)OC(C)CC(OS(=O)(=O)[O-])[N+](C)(C)C. The molecule has 8 heteroatoms. The van der Waals surface area contributed by atoms with Crippen molar-refractivity contribution in [2.75, 3.05) is 21.1 Å². The fourth-order valence-corrected chi connectivity index (χ4v) is 1.81. The topological polar surface area (TPSA) is 92.7 Å². The third kappa shape index (κ3) is 7.38. The van der Waals surface area contributed by atoms with E-state index in [1.807, 2.05) is 0 Å². The maximum Gasteiger partial charge on any atom is 0.330 e. The van der Waals surface area contributed by atoms with Gasteiger partial charge in [0.25, 0.3) is 0 Å². The van der Waals surface area contributed by atoms with Crippen LogP contribution < -0.4 is 0 Å². The quantitative estimate of drug-likeness (QED) is 0.163. The van der Waals surface area contributed by atoms with Crippen LogP contribution in [0.4, 0.5) is 0 Å². The van der Waals surface area contributed by atoms with E-state index in [1.54, 1.807) is 28.1 Å². The molecule has 0 radical (unpaired) electrons. The van der Waals surface area contributed by atoms with Crippen LogP contribution in [0.25, 0.3) is 0 Å². The van der Waals surface area contributed by atoms with Crippen molar-refractivity contribution in [1.82, 2.24) is 0 Å². The molecule has 2 atom stereocenters. The summed E-state index contributed by atoms with van der Waals surface area (Å²) in [6.07, 6.45) is -0.451. The minimum absolute atomic E-state index is 0.0740. The molecular formula is C10H19NO6S. The van der Waals surface area contributed by atoms with E-state index in [4.69, 9.17) is 4.74 Å². The van der Waals surface area contributed by atoms with Crippen molar-refractivity contribution in [3.63, 3.8) is 0 Å². The standard InChI is InChI=1S/C10H19NO6S/c1-6-10(12)16-8(2)7-9(11(3,4)5)17-18(13,14)15/h6,8-9H,1,7H2,2-5H3. The van der Waals surface area contributed by atoms with E-state index in [0.717, 1.165) is 6.08 Å². The number of hydrogen-bond acceptors (Lipinski definition) is 6. The zero-order valence-electron chi connectivity index (χ0n) is 11.0. The normalized spacial score (nSPS) is 15.8. The number of ether oxygens (including phenoxy) is 1. The Kier molecular flexibility index (Phi) is 5.94. The van der Waals surface area contributed by atoms with Gasteiger partial charge in [0.15, 0.2) is 0 Å². The molecule has 0 spiro atoms. The summed E-state index contributed by atoms with van der Waals surface area (Å²) < 4.78 is 41.3. The van der Waals surface area contributed by atoms with Crippen molar-refractivity contribution in [1.29, 1.82) is 0 Å². The van der Waals surface area contributed by atoms with Crippen LogP contribution in [0.1, 0.15) is 13.3 Å². The monoisotopic (exact) mass is 281 g/mol. The highest BCUT2D eigenvalue weighted by atomic mass is 32.3. The van der Waals surface area contributed by atoms with E-state index in [0.29, 0.717) is 0 Å². The van der Waals surface area contributed by atoms with Gasteiger partial charge in [0.05, 0.1) is 27.6 Å². The molecule has 0 aromatic carbocycles. The van der Waals surface area contributed by atoms with Crippen LogP contribution in [0.15, 0.2) is 12.7 Å². The highest BCUT2D eigenvalue weighted by molar-refractivity contribution is 7.80. The van der Waals surface area contributed by atoms with Crippen molar-refractivity contribution in [2.45, 2.75) is 25.7 Å². The second kappa shape index (κ2) is 6.28. The van der Waals surface area contributed by atoms with Crippen LogP contribution in [-0.4, -0.2) is 56.9 Å². The van der Waals surface area contributed by atoms with Crippen molar-refractivity contribution >= 4 is 16.4 Å². The van der Waals surface area contributed by atoms with E-state index in [2.05, 4.69) is 10.8 Å². The van der Waals surface area contributed by atoms with Gasteiger partial charge in [-0.25, -0.2) is 17.4 Å². The van der Waals surface area contributed by atoms with Gasteiger partial charge in [-0.05, 0) is 6.92 Å². The van der Waals surface area contributed by atoms with Crippen LogP contribution in [-0.2, 0) is 24.1 Å². The minimum atomic E-state index is -4.81. The smallest absolute Gasteiger partial charge is 0.330 e. The van der Waals surface area contributed by atoms with Gasteiger partial charge >= 0.3 is 5.97 Å². The largest absolute Gasteiger partial charge is 0.725 e. The zero-order valence-corrected chi connectivity index (χ0v) is 11.8. The molecule has 7 nitrogen and oxygen atoms in total. The van der Waals surface area contributed by atoms with E-state index < -0.39 is 28.7 Å². The molecule has 18 heavy (non-hydrogen) atoms. The maximum atomic E-state index is 11.0. The molecule has 0 N–H and O–H groups in total. The van der Waals surface area contributed by atoms with Crippen molar-refractivity contribution in [3.05, 3.63) is 12.7 Å². The Morgan fingerprint density at radius 3 is 2.28 bits per heavy atom. The molecule has 0 aliphatic carbocycles. The first-order valence-corrected chi connectivity index (χ1v) is 6.57. The number of quaternary nitrogens is 1. The molecule has 0 heterocycles. The van der Waals surface area contributed by atoms with E-state index in [1.165, 1.54) is 0 Å². The Labute approximate surface area is 108 Å².